The summed E-state index contributed by atoms with van der Waals surface area (Å²) in [7, 11) is 0. The zero-order valence-corrected chi connectivity index (χ0v) is 12.2. The van der Waals surface area contributed by atoms with Crippen LogP contribution in [-0.2, 0) is 19.1 Å². The number of aliphatic carboxylic acids is 1. The monoisotopic (exact) mass is 285 g/mol. The first-order chi connectivity index (χ1) is 9.32. The number of hydrogen-bond acceptors (Lipinski definition) is 4. The van der Waals surface area contributed by atoms with E-state index in [2.05, 4.69) is 0 Å². The van der Waals surface area contributed by atoms with Gasteiger partial charge in [0.05, 0.1) is 19.6 Å². The molecule has 0 bridgehead atoms. The zero-order chi connectivity index (χ0) is 14.8. The lowest BCUT2D eigenvalue weighted by Gasteiger charge is -2.38. The zero-order valence-electron chi connectivity index (χ0n) is 12.2. The first-order valence-corrected chi connectivity index (χ1v) is 7.09. The van der Waals surface area contributed by atoms with Gasteiger partial charge in [-0.25, -0.2) is 0 Å². The number of ether oxygens (including phenoxy) is 2. The summed E-state index contributed by atoms with van der Waals surface area (Å²) in [6, 6.07) is 0. The average Bonchev–Trinajstić information content (AvgIpc) is 2.76. The van der Waals surface area contributed by atoms with E-state index in [9.17, 15) is 9.59 Å². The summed E-state index contributed by atoms with van der Waals surface area (Å²) in [5.74, 6) is -1.33. The Labute approximate surface area is 119 Å². The van der Waals surface area contributed by atoms with Gasteiger partial charge in [-0.15, -0.1) is 0 Å². The molecule has 1 amide bonds. The van der Waals surface area contributed by atoms with Crippen LogP contribution in [0.5, 0.6) is 0 Å². The third kappa shape index (κ3) is 3.70. The van der Waals surface area contributed by atoms with E-state index in [0.29, 0.717) is 39.1 Å². The van der Waals surface area contributed by atoms with Gasteiger partial charge >= 0.3 is 5.97 Å². The van der Waals surface area contributed by atoms with Crippen molar-refractivity contribution in [2.75, 3.05) is 26.3 Å². The average molecular weight is 285 g/mol. The molecule has 114 valence electrons. The van der Waals surface area contributed by atoms with E-state index in [0.717, 1.165) is 0 Å². The number of carboxylic acid groups (broad SMARTS) is 1. The highest BCUT2D eigenvalue weighted by Crippen LogP contribution is 2.33. The largest absolute Gasteiger partial charge is 0.481 e. The van der Waals surface area contributed by atoms with E-state index in [1.54, 1.807) is 4.90 Å². The molecular formula is C14H23NO5. The molecule has 2 aliphatic rings. The van der Waals surface area contributed by atoms with Gasteiger partial charge in [-0.05, 0) is 5.41 Å². The highest BCUT2D eigenvalue weighted by molar-refractivity contribution is 5.78. The van der Waals surface area contributed by atoms with Gasteiger partial charge in [-0.3, -0.25) is 9.59 Å². The molecule has 2 saturated heterocycles. The van der Waals surface area contributed by atoms with Crippen LogP contribution in [0.4, 0.5) is 0 Å². The summed E-state index contributed by atoms with van der Waals surface area (Å²) >= 11 is 0. The quantitative estimate of drug-likeness (QED) is 0.841. The first kappa shape index (κ1) is 15.3. The summed E-state index contributed by atoms with van der Waals surface area (Å²) < 4.78 is 11.3. The van der Waals surface area contributed by atoms with E-state index in [1.165, 1.54) is 0 Å². The van der Waals surface area contributed by atoms with Crippen LogP contribution in [0.15, 0.2) is 0 Å². The number of rotatable bonds is 4. The fraction of sp³-hybridized carbons (Fsp3) is 0.857. The molecule has 6 heteroatoms. The Hall–Kier alpha value is -1.14. The van der Waals surface area contributed by atoms with E-state index in [-0.39, 0.29) is 18.7 Å². The Kier molecular flexibility index (Phi) is 4.34. The van der Waals surface area contributed by atoms with Crippen LogP contribution in [0.2, 0.25) is 0 Å². The Morgan fingerprint density at radius 2 is 1.70 bits per heavy atom. The fourth-order valence-electron chi connectivity index (χ4n) is 2.88. The van der Waals surface area contributed by atoms with E-state index < -0.39 is 17.2 Å². The standard InChI is InChI=1S/C14H23NO5/c1-13(2,10-12(17)18)9-11(16)15-5-3-14(4-6-15)19-7-8-20-14/h3-10H2,1-2H3,(H,17,18). The van der Waals surface area contributed by atoms with Gasteiger partial charge in [-0.1, -0.05) is 13.8 Å². The Bertz CT molecular complexity index is 377. The van der Waals surface area contributed by atoms with E-state index >= 15 is 0 Å². The number of nitrogens with zero attached hydrogens (tertiary/aromatic N) is 1. The minimum atomic E-state index is -0.867. The van der Waals surface area contributed by atoms with Gasteiger partial charge in [-0.2, -0.15) is 0 Å². The van der Waals surface area contributed by atoms with Crippen LogP contribution in [-0.4, -0.2) is 54.0 Å². The molecule has 0 aromatic carbocycles. The van der Waals surface area contributed by atoms with E-state index in [1.807, 2.05) is 13.8 Å². The second kappa shape index (κ2) is 5.69. The molecule has 0 aliphatic carbocycles. The summed E-state index contributed by atoms with van der Waals surface area (Å²) in [6.45, 7) is 6.10. The minimum Gasteiger partial charge on any atom is -0.481 e. The lowest BCUT2D eigenvalue weighted by molar-refractivity contribution is -0.187. The van der Waals surface area contributed by atoms with Crippen LogP contribution in [0.25, 0.3) is 0 Å². The molecule has 0 saturated carbocycles. The van der Waals surface area contributed by atoms with Gasteiger partial charge in [0, 0.05) is 32.4 Å². The molecule has 2 aliphatic heterocycles. The van der Waals surface area contributed by atoms with Crippen molar-refractivity contribution in [3.8, 4) is 0 Å². The molecule has 6 nitrogen and oxygen atoms in total. The number of carbonyl (C=O) groups excluding carboxylic acids is 1. The molecule has 0 aromatic heterocycles. The maximum absolute atomic E-state index is 12.2. The summed E-state index contributed by atoms with van der Waals surface area (Å²) in [5, 5.41) is 8.85. The maximum Gasteiger partial charge on any atom is 0.303 e. The lowest BCUT2D eigenvalue weighted by atomic mass is 9.85. The number of amides is 1. The topological polar surface area (TPSA) is 76.1 Å². The fourth-order valence-corrected chi connectivity index (χ4v) is 2.88. The van der Waals surface area contributed by atoms with Crippen molar-refractivity contribution in [2.45, 2.75) is 45.3 Å². The summed E-state index contributed by atoms with van der Waals surface area (Å²) in [5.41, 5.74) is -0.515. The van der Waals surface area contributed by atoms with Crippen LogP contribution in [0.3, 0.4) is 0 Å². The Morgan fingerprint density at radius 1 is 1.15 bits per heavy atom. The predicted molar refractivity (Wildman–Crippen MR) is 71.1 cm³/mol. The molecule has 1 spiro atoms. The molecule has 0 radical (unpaired) electrons. The van der Waals surface area contributed by atoms with Crippen LogP contribution in [0, 0.1) is 5.41 Å². The molecule has 2 fully saturated rings. The van der Waals surface area contributed by atoms with Gasteiger partial charge in [0.1, 0.15) is 0 Å². The third-order valence-electron chi connectivity index (χ3n) is 3.95. The number of carboxylic acids is 1. The van der Waals surface area contributed by atoms with Gasteiger partial charge in [0.15, 0.2) is 5.79 Å². The predicted octanol–water partition coefficient (Wildman–Crippen LogP) is 1.24. The van der Waals surface area contributed by atoms with E-state index in [4.69, 9.17) is 14.6 Å². The Balaban J connectivity index is 1.84. The third-order valence-corrected chi connectivity index (χ3v) is 3.95. The molecule has 2 rings (SSSR count). The molecular weight excluding hydrogens is 262 g/mol. The SMILES string of the molecule is CC(C)(CC(=O)O)CC(=O)N1CCC2(CC1)OCCO2. The Morgan fingerprint density at radius 3 is 2.20 bits per heavy atom. The molecule has 2 heterocycles. The summed E-state index contributed by atoms with van der Waals surface area (Å²) in [6.07, 6.45) is 1.65. The van der Waals surface area contributed by atoms with Crippen molar-refractivity contribution in [3.63, 3.8) is 0 Å². The van der Waals surface area contributed by atoms with Crippen molar-refractivity contribution in [3.05, 3.63) is 0 Å². The van der Waals surface area contributed by atoms with Crippen LogP contribution >= 0.6 is 0 Å². The number of likely N-dealkylation sites (tertiary alicyclic amines) is 1. The van der Waals surface area contributed by atoms with Crippen LogP contribution in [0.1, 0.15) is 39.5 Å². The molecule has 0 aromatic rings. The second-order valence-corrected chi connectivity index (χ2v) is 6.40. The smallest absolute Gasteiger partial charge is 0.303 e. The maximum atomic E-state index is 12.2. The van der Waals surface area contributed by atoms with Crippen molar-refractivity contribution < 1.29 is 24.2 Å². The normalized spacial score (nSPS) is 22.2. The molecule has 0 unspecified atom stereocenters. The van der Waals surface area contributed by atoms with Crippen molar-refractivity contribution in [1.29, 1.82) is 0 Å². The van der Waals surface area contributed by atoms with Crippen molar-refractivity contribution >= 4 is 11.9 Å². The lowest BCUT2D eigenvalue weighted by Crippen LogP contribution is -2.48. The van der Waals surface area contributed by atoms with Gasteiger partial charge < -0.3 is 19.5 Å². The number of piperidine rings is 1. The number of carbonyl (C=O) groups is 2. The second-order valence-electron chi connectivity index (χ2n) is 6.40. The summed E-state index contributed by atoms with van der Waals surface area (Å²) in [4.78, 5) is 24.8. The van der Waals surface area contributed by atoms with Crippen molar-refractivity contribution in [2.24, 2.45) is 5.41 Å². The highest BCUT2D eigenvalue weighted by atomic mass is 16.7. The highest BCUT2D eigenvalue weighted by Gasteiger charge is 2.41. The van der Waals surface area contributed by atoms with Crippen LogP contribution < -0.4 is 0 Å². The molecule has 20 heavy (non-hydrogen) atoms. The van der Waals surface area contributed by atoms with Crippen molar-refractivity contribution in [1.82, 2.24) is 4.90 Å². The minimum absolute atomic E-state index is 0.00272. The first-order valence-electron chi connectivity index (χ1n) is 7.09. The van der Waals surface area contributed by atoms with Gasteiger partial charge in [0.25, 0.3) is 0 Å². The van der Waals surface area contributed by atoms with Gasteiger partial charge in [0.2, 0.25) is 5.91 Å². The number of hydrogen-bond donors (Lipinski definition) is 1. The molecule has 1 N–H and O–H groups in total. The molecule has 0 atom stereocenters.